The molecule has 4 rings (SSSR count). The van der Waals surface area contributed by atoms with Crippen LogP contribution in [0.2, 0.25) is 0 Å². The van der Waals surface area contributed by atoms with E-state index in [1.165, 1.54) is 55.0 Å². The fourth-order valence-corrected chi connectivity index (χ4v) is 4.26. The molecule has 1 saturated heterocycles. The van der Waals surface area contributed by atoms with Gasteiger partial charge in [-0.25, -0.2) is 0 Å². The summed E-state index contributed by atoms with van der Waals surface area (Å²) in [4.78, 5) is 2.64. The topological polar surface area (TPSA) is 21.1 Å². The highest BCUT2D eigenvalue weighted by molar-refractivity contribution is 5.66. The number of likely N-dealkylation sites (tertiary alicyclic amines) is 1. The number of aryl methyl sites for hydroxylation is 1. The third kappa shape index (κ3) is 2.03. The van der Waals surface area contributed by atoms with E-state index < -0.39 is 0 Å². The Morgan fingerprint density at radius 1 is 1.19 bits per heavy atom. The zero-order chi connectivity index (χ0) is 14.4. The molecule has 0 bridgehead atoms. The van der Waals surface area contributed by atoms with Crippen LogP contribution in [0.3, 0.4) is 0 Å². The number of nitrogens with zero attached hydrogens (tertiary/aromatic N) is 3. The summed E-state index contributed by atoms with van der Waals surface area (Å²) in [5.41, 5.74) is 5.50. The summed E-state index contributed by atoms with van der Waals surface area (Å²) < 4.78 is 2.13. The van der Waals surface area contributed by atoms with Gasteiger partial charge in [0.1, 0.15) is 0 Å². The summed E-state index contributed by atoms with van der Waals surface area (Å²) in [6, 6.07) is 10.7. The van der Waals surface area contributed by atoms with Crippen molar-refractivity contribution < 1.29 is 0 Å². The van der Waals surface area contributed by atoms with Crippen LogP contribution in [0.5, 0.6) is 0 Å². The summed E-state index contributed by atoms with van der Waals surface area (Å²) in [5.74, 6) is 1.49. The average Bonchev–Trinajstić information content (AvgIpc) is 3.12. The number of aromatic nitrogens is 2. The van der Waals surface area contributed by atoms with E-state index in [0.29, 0.717) is 5.92 Å². The normalized spacial score (nSPS) is 24.3. The zero-order valence-electron chi connectivity index (χ0n) is 12.9. The summed E-state index contributed by atoms with van der Waals surface area (Å²) in [6.07, 6.45) is 2.46. The summed E-state index contributed by atoms with van der Waals surface area (Å²) in [6.45, 7) is 6.00. The van der Waals surface area contributed by atoms with Gasteiger partial charge in [0.25, 0.3) is 0 Å². The third-order valence-electron chi connectivity index (χ3n) is 5.14. The van der Waals surface area contributed by atoms with Gasteiger partial charge < -0.3 is 4.90 Å². The molecule has 0 spiro atoms. The molecule has 1 fully saturated rings. The van der Waals surface area contributed by atoms with E-state index in [0.717, 1.165) is 5.92 Å². The standard InChI is InChI=1S/C18H23N3/c1-3-9-21-11-14-10-16-17(15(14)12-21)18(19-20(16)2)13-7-5-4-6-8-13/h4-8,14-15H,3,9-12H2,1-2H3/t14-,15+/m0/s1. The Labute approximate surface area is 126 Å². The highest BCUT2D eigenvalue weighted by Crippen LogP contribution is 2.46. The van der Waals surface area contributed by atoms with Crippen molar-refractivity contribution in [1.82, 2.24) is 14.7 Å². The van der Waals surface area contributed by atoms with Crippen LogP contribution in [-0.4, -0.2) is 34.3 Å². The van der Waals surface area contributed by atoms with Crippen molar-refractivity contribution >= 4 is 0 Å². The highest BCUT2D eigenvalue weighted by atomic mass is 15.3. The van der Waals surface area contributed by atoms with Crippen molar-refractivity contribution in [2.75, 3.05) is 19.6 Å². The first-order chi connectivity index (χ1) is 10.3. The van der Waals surface area contributed by atoms with Crippen LogP contribution in [0.4, 0.5) is 0 Å². The molecule has 2 aliphatic rings. The quantitative estimate of drug-likeness (QED) is 0.862. The van der Waals surface area contributed by atoms with E-state index in [-0.39, 0.29) is 0 Å². The lowest BCUT2D eigenvalue weighted by Crippen LogP contribution is -2.22. The van der Waals surface area contributed by atoms with Crippen molar-refractivity contribution in [3.63, 3.8) is 0 Å². The van der Waals surface area contributed by atoms with E-state index in [4.69, 9.17) is 5.10 Å². The van der Waals surface area contributed by atoms with E-state index in [2.05, 4.69) is 53.9 Å². The number of rotatable bonds is 3. The lowest BCUT2D eigenvalue weighted by atomic mass is 9.94. The smallest absolute Gasteiger partial charge is 0.0961 e. The van der Waals surface area contributed by atoms with E-state index in [1.54, 1.807) is 0 Å². The maximum Gasteiger partial charge on any atom is 0.0961 e. The lowest BCUT2D eigenvalue weighted by Gasteiger charge is -2.15. The second-order valence-electron chi connectivity index (χ2n) is 6.53. The second kappa shape index (κ2) is 4.99. The third-order valence-corrected chi connectivity index (χ3v) is 5.14. The van der Waals surface area contributed by atoms with Crippen molar-refractivity contribution in [3.05, 3.63) is 41.6 Å². The Morgan fingerprint density at radius 2 is 2.00 bits per heavy atom. The Hall–Kier alpha value is -1.61. The number of hydrogen-bond donors (Lipinski definition) is 0. The molecule has 1 aliphatic heterocycles. The van der Waals surface area contributed by atoms with Gasteiger partial charge in [0.2, 0.25) is 0 Å². The number of fused-ring (bicyclic) bond motifs is 3. The van der Waals surface area contributed by atoms with Crippen LogP contribution < -0.4 is 0 Å². The molecule has 3 heteroatoms. The molecule has 0 amide bonds. The molecule has 2 aromatic rings. The lowest BCUT2D eigenvalue weighted by molar-refractivity contribution is 0.321. The van der Waals surface area contributed by atoms with E-state index in [9.17, 15) is 0 Å². The first-order valence-corrected chi connectivity index (χ1v) is 8.11. The molecule has 21 heavy (non-hydrogen) atoms. The van der Waals surface area contributed by atoms with Gasteiger partial charge in [0.05, 0.1) is 5.69 Å². The Bertz CT molecular complexity index is 644. The Balaban J connectivity index is 1.73. The minimum atomic E-state index is 0.690. The van der Waals surface area contributed by atoms with Gasteiger partial charge in [0, 0.05) is 42.9 Å². The zero-order valence-corrected chi connectivity index (χ0v) is 12.9. The van der Waals surface area contributed by atoms with Crippen molar-refractivity contribution in [2.24, 2.45) is 13.0 Å². The van der Waals surface area contributed by atoms with Crippen molar-refractivity contribution in [2.45, 2.75) is 25.7 Å². The number of benzene rings is 1. The predicted molar refractivity (Wildman–Crippen MR) is 85.3 cm³/mol. The second-order valence-corrected chi connectivity index (χ2v) is 6.53. The van der Waals surface area contributed by atoms with Crippen LogP contribution in [0, 0.1) is 5.92 Å². The van der Waals surface area contributed by atoms with Gasteiger partial charge in [-0.2, -0.15) is 5.10 Å². The van der Waals surface area contributed by atoms with Crippen molar-refractivity contribution in [3.8, 4) is 11.3 Å². The maximum atomic E-state index is 4.83. The minimum Gasteiger partial charge on any atom is -0.302 e. The fourth-order valence-electron chi connectivity index (χ4n) is 4.26. The molecule has 0 saturated carbocycles. The van der Waals surface area contributed by atoms with Gasteiger partial charge in [-0.3, -0.25) is 4.68 Å². The molecule has 1 aromatic carbocycles. The summed E-state index contributed by atoms with van der Waals surface area (Å²) >= 11 is 0. The molecule has 1 aliphatic carbocycles. The Kier molecular flexibility index (Phi) is 3.11. The van der Waals surface area contributed by atoms with Crippen LogP contribution >= 0.6 is 0 Å². The molecule has 3 nitrogen and oxygen atoms in total. The monoisotopic (exact) mass is 281 g/mol. The SMILES string of the molecule is CCCN1C[C@@H]2Cc3c(c(-c4ccccc4)nn3C)[C@@H]2C1. The molecule has 0 unspecified atom stereocenters. The van der Waals surface area contributed by atoms with E-state index >= 15 is 0 Å². The van der Waals surface area contributed by atoms with Gasteiger partial charge in [-0.05, 0) is 25.3 Å². The van der Waals surface area contributed by atoms with Gasteiger partial charge >= 0.3 is 0 Å². The van der Waals surface area contributed by atoms with Crippen LogP contribution in [0.1, 0.15) is 30.5 Å². The largest absolute Gasteiger partial charge is 0.302 e. The molecule has 2 atom stereocenters. The van der Waals surface area contributed by atoms with Gasteiger partial charge in [0.15, 0.2) is 0 Å². The highest BCUT2D eigenvalue weighted by Gasteiger charge is 2.43. The van der Waals surface area contributed by atoms with Crippen LogP contribution in [0.25, 0.3) is 11.3 Å². The average molecular weight is 281 g/mol. The van der Waals surface area contributed by atoms with E-state index in [1.807, 2.05) is 0 Å². The molecule has 1 aromatic heterocycles. The molecular weight excluding hydrogens is 258 g/mol. The molecule has 2 heterocycles. The van der Waals surface area contributed by atoms with Crippen LogP contribution in [-0.2, 0) is 13.5 Å². The summed E-state index contributed by atoms with van der Waals surface area (Å²) in [5, 5.41) is 4.83. The van der Waals surface area contributed by atoms with Gasteiger partial charge in [-0.1, -0.05) is 37.3 Å². The number of hydrogen-bond acceptors (Lipinski definition) is 2. The van der Waals surface area contributed by atoms with Crippen molar-refractivity contribution in [1.29, 1.82) is 0 Å². The summed E-state index contributed by atoms with van der Waals surface area (Å²) in [7, 11) is 2.11. The maximum absolute atomic E-state index is 4.83. The molecule has 0 N–H and O–H groups in total. The Morgan fingerprint density at radius 3 is 2.76 bits per heavy atom. The van der Waals surface area contributed by atoms with Gasteiger partial charge in [-0.15, -0.1) is 0 Å². The first-order valence-electron chi connectivity index (χ1n) is 8.11. The molecule has 0 radical (unpaired) electrons. The minimum absolute atomic E-state index is 0.690. The fraction of sp³-hybridized carbons (Fsp3) is 0.500. The molecular formula is C18H23N3. The van der Waals surface area contributed by atoms with Crippen LogP contribution in [0.15, 0.2) is 30.3 Å². The molecule has 110 valence electrons. The predicted octanol–water partition coefficient (Wildman–Crippen LogP) is 3.07. The first kappa shape index (κ1) is 13.1.